The average Bonchev–Trinajstić information content (AvgIpc) is 2.19. The van der Waals surface area contributed by atoms with E-state index in [1.165, 1.54) is 0 Å². The summed E-state index contributed by atoms with van der Waals surface area (Å²) in [5.41, 5.74) is -0.200. The highest BCUT2D eigenvalue weighted by Crippen LogP contribution is 2.36. The molecule has 0 atom stereocenters. The molecule has 2 nitrogen and oxygen atoms in total. The monoisotopic (exact) mass is 214 g/mol. The fourth-order valence-electron chi connectivity index (χ4n) is 2.40. The Bertz CT molecular complexity index is 158. The van der Waals surface area contributed by atoms with E-state index < -0.39 is 0 Å². The molecule has 0 fully saturated rings. The van der Waals surface area contributed by atoms with Crippen LogP contribution in [0.5, 0.6) is 0 Å². The van der Waals surface area contributed by atoms with Crippen molar-refractivity contribution in [1.82, 2.24) is 0 Å². The summed E-state index contributed by atoms with van der Waals surface area (Å²) in [4.78, 5) is 12.0. The van der Waals surface area contributed by atoms with Gasteiger partial charge in [-0.2, -0.15) is 0 Å². The minimum absolute atomic E-state index is 0.0237. The van der Waals surface area contributed by atoms with Crippen molar-refractivity contribution in [3.8, 4) is 0 Å². The Hall–Kier alpha value is -0.530. The van der Waals surface area contributed by atoms with E-state index in [9.17, 15) is 4.79 Å². The number of ether oxygens (including phenoxy) is 1. The van der Waals surface area contributed by atoms with Crippen LogP contribution in [0.3, 0.4) is 0 Å². The standard InChI is InChI=1S/C13H26O2/c1-5-9-13(10-6-2,11-7-3)12(14)15-8-4/h5-11H2,1-4H3. The molecule has 0 aliphatic rings. The number of esters is 1. The van der Waals surface area contributed by atoms with Crippen molar-refractivity contribution >= 4 is 5.97 Å². The highest BCUT2D eigenvalue weighted by Gasteiger charge is 2.36. The van der Waals surface area contributed by atoms with E-state index in [1.807, 2.05) is 6.92 Å². The smallest absolute Gasteiger partial charge is 0.312 e. The van der Waals surface area contributed by atoms with Gasteiger partial charge in [0, 0.05) is 0 Å². The Morgan fingerprint density at radius 3 is 1.60 bits per heavy atom. The number of carbonyl (C=O) groups is 1. The molecule has 0 spiro atoms. The molecule has 0 unspecified atom stereocenters. The Morgan fingerprint density at radius 2 is 1.33 bits per heavy atom. The van der Waals surface area contributed by atoms with Gasteiger partial charge in [-0.05, 0) is 26.2 Å². The second kappa shape index (κ2) is 7.72. The topological polar surface area (TPSA) is 26.3 Å². The maximum absolute atomic E-state index is 12.0. The van der Waals surface area contributed by atoms with Crippen LogP contribution in [0.15, 0.2) is 0 Å². The minimum Gasteiger partial charge on any atom is -0.466 e. The molecule has 0 aliphatic heterocycles. The first-order chi connectivity index (χ1) is 7.16. The third-order valence-corrected chi connectivity index (χ3v) is 2.89. The first kappa shape index (κ1) is 14.5. The highest BCUT2D eigenvalue weighted by atomic mass is 16.5. The van der Waals surface area contributed by atoms with Gasteiger partial charge in [0.2, 0.25) is 0 Å². The molecule has 0 saturated carbocycles. The fourth-order valence-corrected chi connectivity index (χ4v) is 2.40. The molecule has 0 heterocycles. The van der Waals surface area contributed by atoms with Crippen molar-refractivity contribution in [2.24, 2.45) is 5.41 Å². The van der Waals surface area contributed by atoms with Crippen molar-refractivity contribution < 1.29 is 9.53 Å². The summed E-state index contributed by atoms with van der Waals surface area (Å²) in [7, 11) is 0. The quantitative estimate of drug-likeness (QED) is 0.572. The molecule has 0 aromatic carbocycles. The van der Waals surface area contributed by atoms with Crippen LogP contribution in [0, 0.1) is 5.41 Å². The lowest BCUT2D eigenvalue weighted by atomic mass is 9.75. The first-order valence-electron chi connectivity index (χ1n) is 6.34. The van der Waals surface area contributed by atoms with Crippen molar-refractivity contribution in [3.05, 3.63) is 0 Å². The van der Waals surface area contributed by atoms with Crippen LogP contribution in [-0.4, -0.2) is 12.6 Å². The van der Waals surface area contributed by atoms with Crippen molar-refractivity contribution in [2.45, 2.75) is 66.2 Å². The molecule has 0 saturated heterocycles. The van der Waals surface area contributed by atoms with Crippen LogP contribution in [0.25, 0.3) is 0 Å². The van der Waals surface area contributed by atoms with E-state index in [2.05, 4.69) is 20.8 Å². The van der Waals surface area contributed by atoms with E-state index in [4.69, 9.17) is 4.74 Å². The van der Waals surface area contributed by atoms with Crippen LogP contribution in [0.1, 0.15) is 66.2 Å². The third kappa shape index (κ3) is 4.23. The number of rotatable bonds is 8. The summed E-state index contributed by atoms with van der Waals surface area (Å²) >= 11 is 0. The SMILES string of the molecule is CCCC(CCC)(CCC)C(=O)OCC. The summed E-state index contributed by atoms with van der Waals surface area (Å²) < 4.78 is 5.23. The maximum Gasteiger partial charge on any atom is 0.312 e. The van der Waals surface area contributed by atoms with Crippen LogP contribution in [-0.2, 0) is 9.53 Å². The van der Waals surface area contributed by atoms with Gasteiger partial charge < -0.3 is 4.74 Å². The van der Waals surface area contributed by atoms with Crippen LogP contribution < -0.4 is 0 Å². The van der Waals surface area contributed by atoms with Crippen molar-refractivity contribution in [2.75, 3.05) is 6.61 Å². The first-order valence-corrected chi connectivity index (χ1v) is 6.34. The molecule has 15 heavy (non-hydrogen) atoms. The van der Waals surface area contributed by atoms with E-state index in [0.717, 1.165) is 38.5 Å². The van der Waals surface area contributed by atoms with Gasteiger partial charge in [0.1, 0.15) is 0 Å². The lowest BCUT2D eigenvalue weighted by Crippen LogP contribution is -2.33. The molecule has 0 aromatic heterocycles. The highest BCUT2D eigenvalue weighted by molar-refractivity contribution is 5.76. The van der Waals surface area contributed by atoms with E-state index in [0.29, 0.717) is 6.61 Å². The summed E-state index contributed by atoms with van der Waals surface area (Å²) in [6, 6.07) is 0. The van der Waals surface area contributed by atoms with Crippen LogP contribution in [0.2, 0.25) is 0 Å². The zero-order valence-electron chi connectivity index (χ0n) is 10.8. The van der Waals surface area contributed by atoms with Gasteiger partial charge in [-0.1, -0.05) is 40.0 Å². The molecule has 0 radical (unpaired) electrons. The van der Waals surface area contributed by atoms with Gasteiger partial charge in [0.05, 0.1) is 12.0 Å². The van der Waals surface area contributed by atoms with E-state index >= 15 is 0 Å². The summed E-state index contributed by atoms with van der Waals surface area (Å²) in [5, 5.41) is 0. The second-order valence-corrected chi connectivity index (χ2v) is 4.25. The molecular formula is C13H26O2. The van der Waals surface area contributed by atoms with Gasteiger partial charge in [-0.25, -0.2) is 0 Å². The molecular weight excluding hydrogens is 188 g/mol. The van der Waals surface area contributed by atoms with Gasteiger partial charge in [-0.3, -0.25) is 4.79 Å². The summed E-state index contributed by atoms with van der Waals surface area (Å²) in [5.74, 6) is 0.0237. The van der Waals surface area contributed by atoms with Gasteiger partial charge >= 0.3 is 5.97 Å². The second-order valence-electron chi connectivity index (χ2n) is 4.25. The predicted octanol–water partition coefficient (Wildman–Crippen LogP) is 3.94. The van der Waals surface area contributed by atoms with E-state index in [-0.39, 0.29) is 11.4 Å². The normalized spacial score (nSPS) is 11.5. The van der Waals surface area contributed by atoms with Crippen molar-refractivity contribution in [1.29, 1.82) is 0 Å². The van der Waals surface area contributed by atoms with Gasteiger partial charge in [-0.15, -0.1) is 0 Å². The molecule has 0 amide bonds. The Labute approximate surface area is 94.4 Å². The molecule has 0 aromatic rings. The van der Waals surface area contributed by atoms with Gasteiger partial charge in [0.15, 0.2) is 0 Å². The fraction of sp³-hybridized carbons (Fsp3) is 0.923. The van der Waals surface area contributed by atoms with Crippen LogP contribution in [0.4, 0.5) is 0 Å². The van der Waals surface area contributed by atoms with E-state index in [1.54, 1.807) is 0 Å². The molecule has 2 heteroatoms. The number of carbonyl (C=O) groups excluding carboxylic acids is 1. The van der Waals surface area contributed by atoms with Gasteiger partial charge in [0.25, 0.3) is 0 Å². The minimum atomic E-state index is -0.200. The largest absolute Gasteiger partial charge is 0.466 e. The molecule has 90 valence electrons. The molecule has 0 bridgehead atoms. The lowest BCUT2D eigenvalue weighted by Gasteiger charge is -2.30. The van der Waals surface area contributed by atoms with Crippen LogP contribution >= 0.6 is 0 Å². The number of hydrogen-bond donors (Lipinski definition) is 0. The zero-order chi connectivity index (χ0) is 11.7. The third-order valence-electron chi connectivity index (χ3n) is 2.89. The summed E-state index contributed by atoms with van der Waals surface area (Å²) in [6.45, 7) is 8.79. The number of hydrogen-bond acceptors (Lipinski definition) is 2. The lowest BCUT2D eigenvalue weighted by molar-refractivity contribution is -0.157. The van der Waals surface area contributed by atoms with Crippen molar-refractivity contribution in [3.63, 3.8) is 0 Å². The Balaban J connectivity index is 4.65. The zero-order valence-corrected chi connectivity index (χ0v) is 10.8. The maximum atomic E-state index is 12.0. The molecule has 0 N–H and O–H groups in total. The molecule has 0 rings (SSSR count). The Morgan fingerprint density at radius 1 is 0.933 bits per heavy atom. The predicted molar refractivity (Wildman–Crippen MR) is 63.8 cm³/mol. The Kier molecular flexibility index (Phi) is 7.45. The molecule has 0 aliphatic carbocycles. The average molecular weight is 214 g/mol. The summed E-state index contributed by atoms with van der Waals surface area (Å²) in [6.07, 6.45) is 6.06.